The van der Waals surface area contributed by atoms with Gasteiger partial charge in [0, 0.05) is 25.0 Å². The minimum atomic E-state index is 0.719. The molecule has 3 rings (SSSR count). The SMILES string of the molecule is CCCNc1nccc(N2CCCCc3ccccc32)n1. The molecule has 4 nitrogen and oxygen atoms in total. The first-order valence-electron chi connectivity index (χ1n) is 7.81. The van der Waals surface area contributed by atoms with E-state index in [-0.39, 0.29) is 0 Å². The molecule has 0 radical (unpaired) electrons. The number of benzene rings is 1. The summed E-state index contributed by atoms with van der Waals surface area (Å²) in [5.74, 6) is 1.70. The highest BCUT2D eigenvalue weighted by Gasteiger charge is 2.17. The van der Waals surface area contributed by atoms with Gasteiger partial charge in [-0.1, -0.05) is 25.1 Å². The van der Waals surface area contributed by atoms with Gasteiger partial charge in [-0.25, -0.2) is 4.98 Å². The highest BCUT2D eigenvalue weighted by atomic mass is 15.2. The lowest BCUT2D eigenvalue weighted by molar-refractivity contribution is 0.757. The Bertz CT molecular complexity index is 597. The molecule has 1 aliphatic rings. The number of rotatable bonds is 4. The predicted octanol–water partition coefficient (Wildman–Crippen LogP) is 3.77. The number of anilines is 3. The molecule has 0 spiro atoms. The zero-order valence-corrected chi connectivity index (χ0v) is 12.5. The molecule has 0 fully saturated rings. The molecule has 21 heavy (non-hydrogen) atoms. The Kier molecular flexibility index (Phi) is 4.34. The van der Waals surface area contributed by atoms with Crippen molar-refractivity contribution in [1.29, 1.82) is 0 Å². The maximum absolute atomic E-state index is 4.68. The molecule has 1 aliphatic heterocycles. The van der Waals surface area contributed by atoms with Crippen molar-refractivity contribution in [2.75, 3.05) is 23.3 Å². The zero-order chi connectivity index (χ0) is 14.5. The van der Waals surface area contributed by atoms with E-state index in [4.69, 9.17) is 0 Å². The van der Waals surface area contributed by atoms with Crippen LogP contribution in [0.4, 0.5) is 17.5 Å². The van der Waals surface area contributed by atoms with Crippen LogP contribution in [-0.4, -0.2) is 23.1 Å². The van der Waals surface area contributed by atoms with E-state index >= 15 is 0 Å². The molecule has 0 bridgehead atoms. The molecule has 0 atom stereocenters. The maximum Gasteiger partial charge on any atom is 0.224 e. The normalized spacial score (nSPS) is 14.4. The van der Waals surface area contributed by atoms with Crippen LogP contribution in [0.5, 0.6) is 0 Å². The molecule has 2 heterocycles. The molecular formula is C17H22N4. The van der Waals surface area contributed by atoms with Gasteiger partial charge in [-0.15, -0.1) is 0 Å². The van der Waals surface area contributed by atoms with Crippen LogP contribution in [0.25, 0.3) is 0 Å². The van der Waals surface area contributed by atoms with Crippen molar-refractivity contribution in [1.82, 2.24) is 9.97 Å². The summed E-state index contributed by atoms with van der Waals surface area (Å²) in [4.78, 5) is 11.3. The second-order valence-corrected chi connectivity index (χ2v) is 5.40. The van der Waals surface area contributed by atoms with Gasteiger partial charge in [-0.3, -0.25) is 0 Å². The number of para-hydroxylation sites is 1. The van der Waals surface area contributed by atoms with Crippen molar-refractivity contribution in [3.05, 3.63) is 42.1 Å². The van der Waals surface area contributed by atoms with Crippen molar-refractivity contribution in [2.24, 2.45) is 0 Å². The van der Waals surface area contributed by atoms with Crippen LogP contribution in [0.3, 0.4) is 0 Å². The van der Waals surface area contributed by atoms with Crippen LogP contribution in [0.2, 0.25) is 0 Å². The molecule has 0 saturated carbocycles. The van der Waals surface area contributed by atoms with Crippen LogP contribution in [0, 0.1) is 0 Å². The lowest BCUT2D eigenvalue weighted by atomic mass is 10.1. The molecule has 1 N–H and O–H groups in total. The summed E-state index contributed by atoms with van der Waals surface area (Å²) in [6, 6.07) is 10.7. The highest BCUT2D eigenvalue weighted by molar-refractivity contribution is 5.65. The quantitative estimate of drug-likeness (QED) is 0.926. The Morgan fingerprint density at radius 1 is 1.19 bits per heavy atom. The first-order chi connectivity index (χ1) is 10.4. The van der Waals surface area contributed by atoms with Gasteiger partial charge in [0.1, 0.15) is 5.82 Å². The number of hydrogen-bond acceptors (Lipinski definition) is 4. The fourth-order valence-corrected chi connectivity index (χ4v) is 2.75. The third-order valence-corrected chi connectivity index (χ3v) is 3.81. The Balaban J connectivity index is 1.92. The van der Waals surface area contributed by atoms with E-state index in [1.807, 2.05) is 12.3 Å². The second kappa shape index (κ2) is 6.57. The molecule has 4 heteroatoms. The monoisotopic (exact) mass is 282 g/mol. The molecule has 0 saturated heterocycles. The van der Waals surface area contributed by atoms with E-state index in [1.165, 1.54) is 24.1 Å². The van der Waals surface area contributed by atoms with E-state index in [0.29, 0.717) is 0 Å². The van der Waals surface area contributed by atoms with Crippen LogP contribution in [-0.2, 0) is 6.42 Å². The summed E-state index contributed by atoms with van der Waals surface area (Å²) in [5.41, 5.74) is 2.70. The minimum absolute atomic E-state index is 0.719. The number of fused-ring (bicyclic) bond motifs is 1. The van der Waals surface area contributed by atoms with Gasteiger partial charge < -0.3 is 10.2 Å². The minimum Gasteiger partial charge on any atom is -0.354 e. The summed E-state index contributed by atoms with van der Waals surface area (Å²) in [6.45, 7) is 4.06. The first kappa shape index (κ1) is 13.9. The van der Waals surface area contributed by atoms with Gasteiger partial charge in [0.05, 0.1) is 0 Å². The summed E-state index contributed by atoms with van der Waals surface area (Å²) in [5, 5.41) is 3.26. The van der Waals surface area contributed by atoms with Crippen LogP contribution >= 0.6 is 0 Å². The van der Waals surface area contributed by atoms with Gasteiger partial charge in [0.25, 0.3) is 0 Å². The van der Waals surface area contributed by atoms with Crippen molar-refractivity contribution in [3.63, 3.8) is 0 Å². The molecule has 1 aromatic carbocycles. The Morgan fingerprint density at radius 2 is 2.10 bits per heavy atom. The topological polar surface area (TPSA) is 41.1 Å². The Labute approximate surface area is 126 Å². The predicted molar refractivity (Wildman–Crippen MR) is 87.2 cm³/mol. The summed E-state index contributed by atoms with van der Waals surface area (Å²) in [6.07, 6.45) is 6.49. The third-order valence-electron chi connectivity index (χ3n) is 3.81. The molecule has 0 aliphatic carbocycles. The largest absolute Gasteiger partial charge is 0.354 e. The summed E-state index contributed by atoms with van der Waals surface area (Å²) < 4.78 is 0. The summed E-state index contributed by atoms with van der Waals surface area (Å²) >= 11 is 0. The molecular weight excluding hydrogens is 260 g/mol. The fraction of sp³-hybridized carbons (Fsp3) is 0.412. The van der Waals surface area contributed by atoms with Crippen molar-refractivity contribution < 1.29 is 0 Å². The molecule has 0 amide bonds. The lowest BCUT2D eigenvalue weighted by Gasteiger charge is -2.24. The van der Waals surface area contributed by atoms with Gasteiger partial charge in [0.2, 0.25) is 5.95 Å². The van der Waals surface area contributed by atoms with Crippen LogP contribution in [0.1, 0.15) is 31.7 Å². The van der Waals surface area contributed by atoms with Crippen molar-refractivity contribution in [2.45, 2.75) is 32.6 Å². The average Bonchev–Trinajstić information content (AvgIpc) is 2.75. The van der Waals surface area contributed by atoms with Gasteiger partial charge in [-0.2, -0.15) is 4.98 Å². The third kappa shape index (κ3) is 3.15. The molecule has 0 unspecified atom stereocenters. The number of nitrogens with zero attached hydrogens (tertiary/aromatic N) is 3. The zero-order valence-electron chi connectivity index (χ0n) is 12.5. The van der Waals surface area contributed by atoms with Crippen LogP contribution < -0.4 is 10.2 Å². The van der Waals surface area contributed by atoms with Crippen LogP contribution in [0.15, 0.2) is 36.5 Å². The molecule has 110 valence electrons. The van der Waals surface area contributed by atoms with Gasteiger partial charge in [0.15, 0.2) is 0 Å². The smallest absolute Gasteiger partial charge is 0.224 e. The van der Waals surface area contributed by atoms with E-state index in [1.54, 1.807) is 0 Å². The van der Waals surface area contributed by atoms with Gasteiger partial charge in [-0.05, 0) is 43.4 Å². The van der Waals surface area contributed by atoms with E-state index in [9.17, 15) is 0 Å². The van der Waals surface area contributed by atoms with Crippen molar-refractivity contribution in [3.8, 4) is 0 Å². The van der Waals surface area contributed by atoms with E-state index in [0.717, 1.165) is 37.7 Å². The second-order valence-electron chi connectivity index (χ2n) is 5.40. The lowest BCUT2D eigenvalue weighted by Crippen LogP contribution is -2.20. The maximum atomic E-state index is 4.68. The van der Waals surface area contributed by atoms with Gasteiger partial charge >= 0.3 is 0 Å². The number of aromatic nitrogens is 2. The summed E-state index contributed by atoms with van der Waals surface area (Å²) in [7, 11) is 0. The Hall–Kier alpha value is -2.10. The number of hydrogen-bond donors (Lipinski definition) is 1. The number of nitrogens with one attached hydrogen (secondary N) is 1. The average molecular weight is 282 g/mol. The Morgan fingerprint density at radius 3 is 3.00 bits per heavy atom. The highest BCUT2D eigenvalue weighted by Crippen LogP contribution is 2.31. The van der Waals surface area contributed by atoms with E-state index < -0.39 is 0 Å². The first-order valence-corrected chi connectivity index (χ1v) is 7.81. The van der Waals surface area contributed by atoms with E-state index in [2.05, 4.69) is 51.4 Å². The molecule has 1 aromatic heterocycles. The molecule has 2 aromatic rings. The fourth-order valence-electron chi connectivity index (χ4n) is 2.75. The standard InChI is InChI=1S/C17H22N4/c1-2-11-18-17-19-12-10-16(20-17)21-13-6-5-8-14-7-3-4-9-15(14)21/h3-4,7,9-10,12H,2,5-6,8,11,13H2,1H3,(H,18,19,20). The van der Waals surface area contributed by atoms with Crippen molar-refractivity contribution >= 4 is 17.5 Å². The number of aryl methyl sites for hydroxylation is 1.